The molecule has 1 heterocycles. The molecule has 0 bridgehead atoms. The van der Waals surface area contributed by atoms with Gasteiger partial charge in [0, 0.05) is 44.0 Å². The van der Waals surface area contributed by atoms with E-state index in [1.54, 1.807) is 0 Å². The van der Waals surface area contributed by atoms with Crippen molar-refractivity contribution in [3.8, 4) is 0 Å². The van der Waals surface area contributed by atoms with Crippen LogP contribution in [-0.4, -0.2) is 37.0 Å². The normalized spacial score (nSPS) is 15.2. The van der Waals surface area contributed by atoms with Crippen LogP contribution in [0.25, 0.3) is 0 Å². The molecule has 0 aliphatic carbocycles. The Hall–Kier alpha value is -2.49. The first-order valence-corrected chi connectivity index (χ1v) is 9.04. The summed E-state index contributed by atoms with van der Waals surface area (Å²) in [6.45, 7) is 1.68. The van der Waals surface area contributed by atoms with Crippen molar-refractivity contribution in [2.24, 2.45) is 0 Å². The highest BCUT2D eigenvalue weighted by Gasteiger charge is 2.25. The molecule has 132 valence electrons. The van der Waals surface area contributed by atoms with Crippen LogP contribution in [0.1, 0.15) is 24.8 Å². The van der Waals surface area contributed by atoms with E-state index in [-0.39, 0.29) is 5.91 Å². The zero-order chi connectivity index (χ0) is 17.6. The standard InChI is InChI=1S/C21H27N3O/c1-23(18-8-3-2-4-9-18)19-13-15-24(16-14-19)21(25)12-11-17-7-5-6-10-20(17)22/h2-10,19H,11-16,22H2,1H3. The van der Waals surface area contributed by atoms with Crippen LogP contribution < -0.4 is 10.6 Å². The van der Waals surface area contributed by atoms with Gasteiger partial charge >= 0.3 is 0 Å². The smallest absolute Gasteiger partial charge is 0.222 e. The molecular weight excluding hydrogens is 310 g/mol. The third kappa shape index (κ3) is 4.32. The minimum atomic E-state index is 0.240. The minimum Gasteiger partial charge on any atom is -0.399 e. The van der Waals surface area contributed by atoms with Crippen molar-refractivity contribution in [3.05, 3.63) is 60.2 Å². The molecule has 2 aromatic carbocycles. The molecule has 0 saturated carbocycles. The van der Waals surface area contributed by atoms with Crippen molar-refractivity contribution in [1.82, 2.24) is 4.90 Å². The van der Waals surface area contributed by atoms with Crippen LogP contribution >= 0.6 is 0 Å². The van der Waals surface area contributed by atoms with E-state index in [0.29, 0.717) is 12.5 Å². The zero-order valence-electron chi connectivity index (χ0n) is 14.9. The van der Waals surface area contributed by atoms with E-state index in [1.165, 1.54) is 5.69 Å². The summed E-state index contributed by atoms with van der Waals surface area (Å²) in [6, 6.07) is 18.8. The SMILES string of the molecule is CN(c1ccccc1)C1CCN(C(=O)CCc2ccccc2N)CC1. The first-order valence-electron chi connectivity index (χ1n) is 9.04. The summed E-state index contributed by atoms with van der Waals surface area (Å²) in [4.78, 5) is 16.8. The number of nitrogens with two attached hydrogens (primary N) is 1. The molecule has 4 nitrogen and oxygen atoms in total. The van der Waals surface area contributed by atoms with Gasteiger partial charge in [0.25, 0.3) is 0 Å². The first-order chi connectivity index (χ1) is 12.1. The average molecular weight is 337 g/mol. The van der Waals surface area contributed by atoms with E-state index in [9.17, 15) is 4.79 Å². The van der Waals surface area contributed by atoms with Gasteiger partial charge in [0.05, 0.1) is 0 Å². The van der Waals surface area contributed by atoms with Gasteiger partial charge in [-0.2, -0.15) is 0 Å². The molecular formula is C21H27N3O. The van der Waals surface area contributed by atoms with Gasteiger partial charge < -0.3 is 15.5 Å². The number of anilines is 2. The fourth-order valence-electron chi connectivity index (χ4n) is 3.54. The van der Waals surface area contributed by atoms with Gasteiger partial charge in [-0.3, -0.25) is 4.79 Å². The maximum absolute atomic E-state index is 12.5. The molecule has 0 atom stereocenters. The molecule has 4 heteroatoms. The molecule has 25 heavy (non-hydrogen) atoms. The number of benzene rings is 2. The summed E-state index contributed by atoms with van der Waals surface area (Å²) in [5.74, 6) is 0.240. The number of likely N-dealkylation sites (tertiary alicyclic amines) is 1. The largest absolute Gasteiger partial charge is 0.399 e. The Balaban J connectivity index is 1.48. The number of nitrogens with zero attached hydrogens (tertiary/aromatic N) is 2. The van der Waals surface area contributed by atoms with E-state index in [2.05, 4.69) is 36.2 Å². The molecule has 3 rings (SSSR count). The molecule has 0 radical (unpaired) electrons. The maximum atomic E-state index is 12.5. The molecule has 1 aliphatic heterocycles. The van der Waals surface area contributed by atoms with Crippen LogP contribution in [0.15, 0.2) is 54.6 Å². The molecule has 0 unspecified atom stereocenters. The molecule has 0 spiro atoms. The first kappa shape index (κ1) is 17.3. The number of nitrogen functional groups attached to an aromatic ring is 1. The second kappa shape index (κ2) is 8.06. The molecule has 2 N–H and O–H groups in total. The Morgan fingerprint density at radius 1 is 1.08 bits per heavy atom. The van der Waals surface area contributed by atoms with E-state index in [4.69, 9.17) is 5.73 Å². The lowest BCUT2D eigenvalue weighted by Crippen LogP contribution is -2.45. The lowest BCUT2D eigenvalue weighted by molar-refractivity contribution is -0.132. The van der Waals surface area contributed by atoms with Crippen LogP contribution in [0.2, 0.25) is 0 Å². The number of para-hydroxylation sites is 2. The number of piperidine rings is 1. The monoisotopic (exact) mass is 337 g/mol. The number of rotatable bonds is 5. The molecule has 2 aromatic rings. The third-order valence-electron chi connectivity index (χ3n) is 5.19. The summed E-state index contributed by atoms with van der Waals surface area (Å²) >= 11 is 0. The van der Waals surface area contributed by atoms with Crippen LogP contribution in [0.5, 0.6) is 0 Å². The Kier molecular flexibility index (Phi) is 5.59. The van der Waals surface area contributed by atoms with Crippen molar-refractivity contribution in [2.45, 2.75) is 31.7 Å². The highest BCUT2D eigenvalue weighted by molar-refractivity contribution is 5.76. The predicted octanol–water partition coefficient (Wildman–Crippen LogP) is 3.33. The fraction of sp³-hybridized carbons (Fsp3) is 0.381. The summed E-state index contributed by atoms with van der Waals surface area (Å²) in [5.41, 5.74) is 9.04. The quantitative estimate of drug-likeness (QED) is 0.852. The second-order valence-corrected chi connectivity index (χ2v) is 6.76. The molecule has 1 saturated heterocycles. The number of hydrogen-bond acceptors (Lipinski definition) is 3. The van der Waals surface area contributed by atoms with Gasteiger partial charge in [-0.05, 0) is 43.0 Å². The number of carbonyl (C=O) groups excluding carboxylic acids is 1. The molecule has 0 aromatic heterocycles. The molecule has 1 aliphatic rings. The van der Waals surface area contributed by atoms with Gasteiger partial charge in [0.2, 0.25) is 5.91 Å². The summed E-state index contributed by atoms with van der Waals surface area (Å²) in [5, 5.41) is 0. The minimum absolute atomic E-state index is 0.240. The van der Waals surface area contributed by atoms with Gasteiger partial charge in [0.1, 0.15) is 0 Å². The van der Waals surface area contributed by atoms with Crippen molar-refractivity contribution >= 4 is 17.3 Å². The van der Waals surface area contributed by atoms with Gasteiger partial charge in [-0.1, -0.05) is 36.4 Å². The van der Waals surface area contributed by atoms with E-state index >= 15 is 0 Å². The van der Waals surface area contributed by atoms with Crippen molar-refractivity contribution < 1.29 is 4.79 Å². The summed E-state index contributed by atoms with van der Waals surface area (Å²) in [6.07, 6.45) is 3.29. The van der Waals surface area contributed by atoms with Crippen molar-refractivity contribution in [2.75, 3.05) is 30.8 Å². The van der Waals surface area contributed by atoms with Crippen molar-refractivity contribution in [1.29, 1.82) is 0 Å². The predicted molar refractivity (Wildman–Crippen MR) is 104 cm³/mol. The van der Waals surface area contributed by atoms with Crippen molar-refractivity contribution in [3.63, 3.8) is 0 Å². The summed E-state index contributed by atoms with van der Waals surface area (Å²) in [7, 11) is 2.15. The number of hydrogen-bond donors (Lipinski definition) is 1. The van der Waals surface area contributed by atoms with E-state index < -0.39 is 0 Å². The lowest BCUT2D eigenvalue weighted by Gasteiger charge is -2.38. The second-order valence-electron chi connectivity index (χ2n) is 6.76. The maximum Gasteiger partial charge on any atom is 0.222 e. The van der Waals surface area contributed by atoms with Crippen LogP contribution in [-0.2, 0) is 11.2 Å². The van der Waals surface area contributed by atoms with Gasteiger partial charge in [-0.25, -0.2) is 0 Å². The Morgan fingerprint density at radius 2 is 1.72 bits per heavy atom. The highest BCUT2D eigenvalue weighted by Crippen LogP contribution is 2.22. The van der Waals surface area contributed by atoms with Gasteiger partial charge in [0.15, 0.2) is 0 Å². The van der Waals surface area contributed by atoms with Crippen LogP contribution in [0.4, 0.5) is 11.4 Å². The van der Waals surface area contributed by atoms with E-state index in [0.717, 1.165) is 43.6 Å². The molecule has 1 fully saturated rings. The number of aryl methyl sites for hydroxylation is 1. The topological polar surface area (TPSA) is 49.6 Å². The third-order valence-corrected chi connectivity index (χ3v) is 5.19. The van der Waals surface area contributed by atoms with Gasteiger partial charge in [-0.15, -0.1) is 0 Å². The molecule has 1 amide bonds. The van der Waals surface area contributed by atoms with Crippen LogP contribution in [0, 0.1) is 0 Å². The Morgan fingerprint density at radius 3 is 2.40 bits per heavy atom. The van der Waals surface area contributed by atoms with E-state index in [1.807, 2.05) is 35.2 Å². The summed E-state index contributed by atoms with van der Waals surface area (Å²) < 4.78 is 0. The number of amides is 1. The number of carbonyl (C=O) groups is 1. The Labute approximate surface area is 150 Å². The lowest BCUT2D eigenvalue weighted by atomic mass is 10.0. The average Bonchev–Trinajstić information content (AvgIpc) is 2.67. The fourth-order valence-corrected chi connectivity index (χ4v) is 3.54. The zero-order valence-corrected chi connectivity index (χ0v) is 14.9. The Bertz CT molecular complexity index is 693. The highest BCUT2D eigenvalue weighted by atomic mass is 16.2. The van der Waals surface area contributed by atoms with Crippen LogP contribution in [0.3, 0.4) is 0 Å².